The number of halogens is 2. The van der Waals surface area contributed by atoms with Crippen molar-refractivity contribution in [2.75, 3.05) is 0 Å². The average molecular weight is 340 g/mol. The van der Waals surface area contributed by atoms with E-state index in [1.54, 1.807) is 6.07 Å². The third kappa shape index (κ3) is 3.59. The van der Waals surface area contributed by atoms with Gasteiger partial charge in [0.05, 0.1) is 4.47 Å². The fourth-order valence-corrected chi connectivity index (χ4v) is 3.34. The van der Waals surface area contributed by atoms with E-state index in [4.69, 9.17) is 5.73 Å². The minimum Gasteiger partial charge on any atom is -0.326 e. The van der Waals surface area contributed by atoms with Gasteiger partial charge in [-0.25, -0.2) is 4.39 Å². The number of hydrogen-bond acceptors (Lipinski definition) is 2. The van der Waals surface area contributed by atoms with E-state index >= 15 is 0 Å². The maximum Gasteiger partial charge on any atom is 0.151 e. The summed E-state index contributed by atoms with van der Waals surface area (Å²) in [7, 11) is 0. The highest BCUT2D eigenvalue weighted by Gasteiger charge is 2.10. The van der Waals surface area contributed by atoms with Crippen LogP contribution in [0.5, 0.6) is 0 Å². The van der Waals surface area contributed by atoms with Crippen molar-refractivity contribution in [3.05, 3.63) is 63.4 Å². The molecule has 0 bridgehead atoms. The summed E-state index contributed by atoms with van der Waals surface area (Å²) in [6, 6.07) is 11.9. The van der Waals surface area contributed by atoms with Crippen molar-refractivity contribution in [3.63, 3.8) is 0 Å². The summed E-state index contributed by atoms with van der Waals surface area (Å²) >= 11 is 4.76. The molecule has 2 rings (SSSR count). The molecule has 2 aromatic rings. The molecule has 0 saturated carbocycles. The van der Waals surface area contributed by atoms with E-state index < -0.39 is 0 Å². The summed E-state index contributed by atoms with van der Waals surface area (Å²) in [6.45, 7) is 2.39. The minimum absolute atomic E-state index is 0.222. The monoisotopic (exact) mass is 339 g/mol. The van der Waals surface area contributed by atoms with Gasteiger partial charge in [-0.05, 0) is 40.0 Å². The molecule has 0 atom stereocenters. The molecule has 0 spiro atoms. The lowest BCUT2D eigenvalue weighted by atomic mass is 10.2. The van der Waals surface area contributed by atoms with Crippen LogP contribution in [0.15, 0.2) is 45.8 Å². The minimum atomic E-state index is -0.222. The first kappa shape index (κ1) is 14.6. The quantitative estimate of drug-likeness (QED) is 0.820. The van der Waals surface area contributed by atoms with Gasteiger partial charge in [0, 0.05) is 17.2 Å². The molecule has 0 amide bonds. The molecule has 4 heteroatoms. The van der Waals surface area contributed by atoms with Crippen LogP contribution in [0.2, 0.25) is 0 Å². The van der Waals surface area contributed by atoms with Crippen LogP contribution in [-0.2, 0) is 12.3 Å². The fraction of sp³-hybridized carbons (Fsp3) is 0.200. The highest BCUT2D eigenvalue weighted by atomic mass is 79.9. The lowest BCUT2D eigenvalue weighted by molar-refractivity contribution is 0.592. The Labute approximate surface area is 125 Å². The molecule has 1 nitrogen and oxygen atoms in total. The molecule has 0 aliphatic carbocycles. The molecule has 0 radical (unpaired) electrons. The highest BCUT2D eigenvalue weighted by molar-refractivity contribution is 9.10. The molecule has 0 aromatic heterocycles. The standard InChI is InChI=1S/C15H15BrFNS/c1-10-3-2-4-11(7-10)9-19-13-6-5-12(8-18)14(16)15(13)17/h2-7H,8-9,18H2,1H3. The summed E-state index contributed by atoms with van der Waals surface area (Å²) in [5.74, 6) is 0.535. The Balaban J connectivity index is 2.14. The van der Waals surface area contributed by atoms with E-state index in [1.165, 1.54) is 22.9 Å². The molecule has 0 aliphatic heterocycles. The molecule has 0 fully saturated rings. The van der Waals surface area contributed by atoms with E-state index in [0.717, 1.165) is 11.3 Å². The Morgan fingerprint density at radius 2 is 2.05 bits per heavy atom. The van der Waals surface area contributed by atoms with Gasteiger partial charge < -0.3 is 5.73 Å². The normalized spacial score (nSPS) is 10.7. The number of thioether (sulfide) groups is 1. The number of rotatable bonds is 4. The Hall–Kier alpha value is -0.840. The van der Waals surface area contributed by atoms with Crippen LogP contribution in [0.25, 0.3) is 0 Å². The van der Waals surface area contributed by atoms with Crippen molar-refractivity contribution in [1.82, 2.24) is 0 Å². The van der Waals surface area contributed by atoms with Crippen LogP contribution in [0, 0.1) is 12.7 Å². The lowest BCUT2D eigenvalue weighted by Gasteiger charge is -2.08. The number of nitrogens with two attached hydrogens (primary N) is 1. The first-order valence-corrected chi connectivity index (χ1v) is 7.75. The predicted molar refractivity (Wildman–Crippen MR) is 82.7 cm³/mol. The molecule has 0 unspecified atom stereocenters. The van der Waals surface area contributed by atoms with Gasteiger partial charge in [0.1, 0.15) is 0 Å². The second-order valence-electron chi connectivity index (χ2n) is 4.33. The van der Waals surface area contributed by atoms with Crippen LogP contribution in [-0.4, -0.2) is 0 Å². The molecule has 100 valence electrons. The third-order valence-electron chi connectivity index (χ3n) is 2.82. The summed E-state index contributed by atoms with van der Waals surface area (Å²) in [5.41, 5.74) is 8.76. The maximum atomic E-state index is 14.1. The van der Waals surface area contributed by atoms with Crippen LogP contribution < -0.4 is 5.73 Å². The predicted octanol–water partition coefficient (Wildman–Crippen LogP) is 4.65. The number of aryl methyl sites for hydroxylation is 1. The highest BCUT2D eigenvalue weighted by Crippen LogP contribution is 2.31. The van der Waals surface area contributed by atoms with Crippen LogP contribution >= 0.6 is 27.7 Å². The van der Waals surface area contributed by atoms with Gasteiger partial charge in [-0.1, -0.05) is 35.9 Å². The van der Waals surface area contributed by atoms with Gasteiger partial charge in [-0.2, -0.15) is 0 Å². The van der Waals surface area contributed by atoms with Gasteiger partial charge in [-0.3, -0.25) is 0 Å². The van der Waals surface area contributed by atoms with Crippen molar-refractivity contribution in [2.24, 2.45) is 5.73 Å². The number of benzene rings is 2. The van der Waals surface area contributed by atoms with E-state index in [-0.39, 0.29) is 5.82 Å². The Kier molecular flexibility index (Phi) is 5.02. The second kappa shape index (κ2) is 6.55. The number of hydrogen-bond donors (Lipinski definition) is 1. The van der Waals surface area contributed by atoms with Crippen molar-refractivity contribution >= 4 is 27.7 Å². The maximum absolute atomic E-state index is 14.1. The molecule has 2 aromatic carbocycles. The van der Waals surface area contributed by atoms with Crippen molar-refractivity contribution in [1.29, 1.82) is 0 Å². The summed E-state index contributed by atoms with van der Waals surface area (Å²) < 4.78 is 14.6. The lowest BCUT2D eigenvalue weighted by Crippen LogP contribution is -1.99. The largest absolute Gasteiger partial charge is 0.326 e. The van der Waals surface area contributed by atoms with E-state index in [0.29, 0.717) is 15.9 Å². The van der Waals surface area contributed by atoms with E-state index in [1.807, 2.05) is 12.1 Å². The van der Waals surface area contributed by atoms with Gasteiger partial charge >= 0.3 is 0 Å². The Morgan fingerprint density at radius 1 is 1.26 bits per heavy atom. The smallest absolute Gasteiger partial charge is 0.151 e. The first-order chi connectivity index (χ1) is 9.11. The summed E-state index contributed by atoms with van der Waals surface area (Å²) in [4.78, 5) is 0.644. The molecule has 0 aliphatic rings. The first-order valence-electron chi connectivity index (χ1n) is 5.97. The van der Waals surface area contributed by atoms with Gasteiger partial charge in [0.2, 0.25) is 0 Å². The van der Waals surface area contributed by atoms with Gasteiger partial charge in [0.15, 0.2) is 5.82 Å². The van der Waals surface area contributed by atoms with Crippen LogP contribution in [0.4, 0.5) is 4.39 Å². The molecule has 19 heavy (non-hydrogen) atoms. The van der Waals surface area contributed by atoms with Crippen molar-refractivity contribution < 1.29 is 4.39 Å². The average Bonchev–Trinajstić information content (AvgIpc) is 2.41. The Morgan fingerprint density at radius 3 is 2.74 bits per heavy atom. The Bertz CT molecular complexity index is 586. The van der Waals surface area contributed by atoms with Crippen LogP contribution in [0.1, 0.15) is 16.7 Å². The topological polar surface area (TPSA) is 26.0 Å². The van der Waals surface area contributed by atoms with Crippen molar-refractivity contribution in [3.8, 4) is 0 Å². The molecular formula is C15H15BrFNS. The van der Waals surface area contributed by atoms with E-state index in [2.05, 4.69) is 41.1 Å². The molecular weight excluding hydrogens is 325 g/mol. The van der Waals surface area contributed by atoms with Gasteiger partial charge in [0.25, 0.3) is 0 Å². The van der Waals surface area contributed by atoms with Crippen LogP contribution in [0.3, 0.4) is 0 Å². The zero-order valence-electron chi connectivity index (χ0n) is 10.6. The zero-order valence-corrected chi connectivity index (χ0v) is 13.0. The molecule has 0 saturated heterocycles. The molecule has 2 N–H and O–H groups in total. The van der Waals surface area contributed by atoms with Gasteiger partial charge in [-0.15, -0.1) is 11.8 Å². The SMILES string of the molecule is Cc1cccc(CSc2ccc(CN)c(Br)c2F)c1. The summed E-state index contributed by atoms with van der Waals surface area (Å²) in [5, 5.41) is 0. The van der Waals surface area contributed by atoms with E-state index in [9.17, 15) is 4.39 Å². The fourth-order valence-electron chi connectivity index (χ4n) is 1.80. The summed E-state index contributed by atoms with van der Waals surface area (Å²) in [6.07, 6.45) is 0. The van der Waals surface area contributed by atoms with Crippen molar-refractivity contribution in [2.45, 2.75) is 24.1 Å². The second-order valence-corrected chi connectivity index (χ2v) is 6.14. The molecule has 0 heterocycles. The third-order valence-corrected chi connectivity index (χ3v) is 4.78. The zero-order chi connectivity index (χ0) is 13.8.